The Morgan fingerprint density at radius 2 is 2.10 bits per heavy atom. The summed E-state index contributed by atoms with van der Waals surface area (Å²) in [5.74, 6) is -0.000314. The summed E-state index contributed by atoms with van der Waals surface area (Å²) in [7, 11) is 1.48. The maximum Gasteiger partial charge on any atom is 0.165 e. The van der Waals surface area contributed by atoms with Crippen molar-refractivity contribution in [2.45, 2.75) is 39.2 Å². The van der Waals surface area contributed by atoms with Crippen LogP contribution in [-0.4, -0.2) is 32.9 Å². The van der Waals surface area contributed by atoms with Crippen LogP contribution in [0.3, 0.4) is 0 Å². The van der Waals surface area contributed by atoms with Gasteiger partial charge in [0, 0.05) is 19.3 Å². The average molecular weight is 283 g/mol. The molecule has 0 amide bonds. The fourth-order valence-electron chi connectivity index (χ4n) is 2.26. The van der Waals surface area contributed by atoms with Gasteiger partial charge in [-0.15, -0.1) is 0 Å². The van der Waals surface area contributed by atoms with E-state index in [0.29, 0.717) is 11.8 Å². The molecule has 20 heavy (non-hydrogen) atoms. The van der Waals surface area contributed by atoms with Crippen molar-refractivity contribution in [3.63, 3.8) is 0 Å². The minimum atomic E-state index is -0.297. The molecular formula is C16H26FNO2. The van der Waals surface area contributed by atoms with Gasteiger partial charge >= 0.3 is 0 Å². The lowest BCUT2D eigenvalue weighted by atomic mass is 10.0. The van der Waals surface area contributed by atoms with Crippen LogP contribution >= 0.6 is 0 Å². The third kappa shape index (κ3) is 5.88. The molecule has 0 saturated heterocycles. The van der Waals surface area contributed by atoms with Gasteiger partial charge in [0.05, 0.1) is 7.11 Å². The second kappa shape index (κ2) is 9.72. The number of halogens is 1. The zero-order valence-corrected chi connectivity index (χ0v) is 12.7. The van der Waals surface area contributed by atoms with E-state index in [-0.39, 0.29) is 5.82 Å². The lowest BCUT2D eigenvalue weighted by Crippen LogP contribution is -2.31. The molecule has 0 saturated carbocycles. The number of hydrogen-bond acceptors (Lipinski definition) is 3. The maximum absolute atomic E-state index is 13.7. The first-order valence-corrected chi connectivity index (χ1v) is 7.34. The third-order valence-corrected chi connectivity index (χ3v) is 3.24. The molecule has 1 N–H and O–H groups in total. The van der Waals surface area contributed by atoms with Crippen LogP contribution in [0, 0.1) is 5.82 Å². The van der Waals surface area contributed by atoms with Gasteiger partial charge in [-0.25, -0.2) is 4.39 Å². The Morgan fingerprint density at radius 3 is 2.70 bits per heavy atom. The number of likely N-dealkylation sites (N-methyl/N-ethyl adjacent to an activating group) is 1. The highest BCUT2D eigenvalue weighted by Crippen LogP contribution is 2.19. The minimum absolute atomic E-state index is 0.296. The first-order valence-electron chi connectivity index (χ1n) is 7.34. The summed E-state index contributed by atoms with van der Waals surface area (Å²) < 4.78 is 24.0. The summed E-state index contributed by atoms with van der Waals surface area (Å²) in [5.41, 5.74) is 0.991. The van der Waals surface area contributed by atoms with Gasteiger partial charge in [0.25, 0.3) is 0 Å². The molecule has 1 rings (SSSR count). The summed E-state index contributed by atoms with van der Waals surface area (Å²) in [4.78, 5) is 0. The Bertz CT molecular complexity index is 385. The molecule has 1 unspecified atom stereocenters. The fraction of sp³-hybridized carbons (Fsp3) is 0.625. The zero-order valence-electron chi connectivity index (χ0n) is 12.7. The van der Waals surface area contributed by atoms with Crippen molar-refractivity contribution in [1.82, 2.24) is 5.32 Å². The quantitative estimate of drug-likeness (QED) is 0.669. The number of benzene rings is 1. The molecular weight excluding hydrogens is 257 g/mol. The minimum Gasteiger partial charge on any atom is -0.494 e. The smallest absolute Gasteiger partial charge is 0.165 e. The Morgan fingerprint density at radius 1 is 1.30 bits per heavy atom. The molecule has 0 aromatic heterocycles. The third-order valence-electron chi connectivity index (χ3n) is 3.24. The van der Waals surface area contributed by atoms with Crippen LogP contribution in [0.2, 0.25) is 0 Å². The standard InChI is InChI=1S/C16H26FNO2/c1-4-18-14(7-6-10-20-5-2)11-13-8-9-16(19-3)15(17)12-13/h8-9,12,14,18H,4-7,10-11H2,1-3H3. The van der Waals surface area contributed by atoms with Crippen LogP contribution in [0.15, 0.2) is 18.2 Å². The number of ether oxygens (including phenoxy) is 2. The summed E-state index contributed by atoms with van der Waals surface area (Å²) in [5, 5.41) is 3.45. The van der Waals surface area contributed by atoms with Crippen molar-refractivity contribution in [2.75, 3.05) is 26.9 Å². The molecule has 0 radical (unpaired) electrons. The van der Waals surface area contributed by atoms with E-state index in [4.69, 9.17) is 9.47 Å². The number of hydrogen-bond donors (Lipinski definition) is 1. The van der Waals surface area contributed by atoms with Crippen LogP contribution in [0.25, 0.3) is 0 Å². The van der Waals surface area contributed by atoms with Gasteiger partial charge < -0.3 is 14.8 Å². The Hall–Kier alpha value is -1.13. The highest BCUT2D eigenvalue weighted by atomic mass is 19.1. The first-order chi connectivity index (χ1) is 9.71. The fourth-order valence-corrected chi connectivity index (χ4v) is 2.26. The van der Waals surface area contributed by atoms with E-state index in [1.54, 1.807) is 12.1 Å². The molecule has 0 heterocycles. The topological polar surface area (TPSA) is 30.5 Å². The van der Waals surface area contributed by atoms with E-state index in [2.05, 4.69) is 12.2 Å². The van der Waals surface area contributed by atoms with Crippen molar-refractivity contribution in [2.24, 2.45) is 0 Å². The van der Waals surface area contributed by atoms with Gasteiger partial charge in [-0.2, -0.15) is 0 Å². The summed E-state index contributed by atoms with van der Waals surface area (Å²) >= 11 is 0. The van der Waals surface area contributed by atoms with E-state index < -0.39 is 0 Å². The van der Waals surface area contributed by atoms with Crippen molar-refractivity contribution < 1.29 is 13.9 Å². The van der Waals surface area contributed by atoms with Crippen molar-refractivity contribution in [3.8, 4) is 5.75 Å². The lowest BCUT2D eigenvalue weighted by molar-refractivity contribution is 0.141. The van der Waals surface area contributed by atoms with Gasteiger partial charge in [0.2, 0.25) is 0 Å². The maximum atomic E-state index is 13.7. The lowest BCUT2D eigenvalue weighted by Gasteiger charge is -2.18. The first kappa shape index (κ1) is 16.9. The number of rotatable bonds is 10. The van der Waals surface area contributed by atoms with Crippen molar-refractivity contribution >= 4 is 0 Å². The van der Waals surface area contributed by atoms with Crippen molar-refractivity contribution in [1.29, 1.82) is 0 Å². The SMILES string of the molecule is CCNC(CCCOCC)Cc1ccc(OC)c(F)c1. The molecule has 3 nitrogen and oxygen atoms in total. The molecule has 114 valence electrons. The van der Waals surface area contributed by atoms with Gasteiger partial charge in [-0.05, 0) is 50.4 Å². The molecule has 0 spiro atoms. The normalized spacial score (nSPS) is 12.4. The monoisotopic (exact) mass is 283 g/mol. The van der Waals surface area contributed by atoms with E-state index in [0.717, 1.165) is 44.6 Å². The van der Waals surface area contributed by atoms with E-state index in [9.17, 15) is 4.39 Å². The van der Waals surface area contributed by atoms with Crippen LogP contribution < -0.4 is 10.1 Å². The van der Waals surface area contributed by atoms with Crippen LogP contribution in [0.1, 0.15) is 32.3 Å². The molecule has 1 aromatic rings. The molecule has 1 aromatic carbocycles. The summed E-state index contributed by atoms with van der Waals surface area (Å²) in [6.45, 7) is 6.55. The van der Waals surface area contributed by atoms with Crippen LogP contribution in [0.5, 0.6) is 5.75 Å². The molecule has 0 aliphatic heterocycles. The molecule has 0 bridgehead atoms. The number of methoxy groups -OCH3 is 1. The van der Waals surface area contributed by atoms with Gasteiger partial charge in [0.15, 0.2) is 11.6 Å². The molecule has 4 heteroatoms. The average Bonchev–Trinajstić information content (AvgIpc) is 2.44. The van der Waals surface area contributed by atoms with Crippen LogP contribution in [-0.2, 0) is 11.2 Å². The predicted octanol–water partition coefficient (Wildman–Crippen LogP) is 3.17. The zero-order chi connectivity index (χ0) is 14.8. The highest BCUT2D eigenvalue weighted by molar-refractivity contribution is 5.29. The Kier molecular flexibility index (Phi) is 8.23. The highest BCUT2D eigenvalue weighted by Gasteiger charge is 2.10. The Labute approximate surface area is 121 Å². The number of nitrogens with one attached hydrogen (secondary N) is 1. The molecule has 1 atom stereocenters. The molecule has 0 fully saturated rings. The Balaban J connectivity index is 2.53. The van der Waals surface area contributed by atoms with Crippen molar-refractivity contribution in [3.05, 3.63) is 29.6 Å². The van der Waals surface area contributed by atoms with E-state index in [1.807, 2.05) is 13.0 Å². The van der Waals surface area contributed by atoms with Gasteiger partial charge in [0.1, 0.15) is 0 Å². The predicted molar refractivity (Wildman–Crippen MR) is 79.8 cm³/mol. The van der Waals surface area contributed by atoms with Gasteiger partial charge in [-0.1, -0.05) is 13.0 Å². The summed E-state index contributed by atoms with van der Waals surface area (Å²) in [6, 6.07) is 5.53. The van der Waals surface area contributed by atoms with E-state index >= 15 is 0 Å². The second-order valence-corrected chi connectivity index (χ2v) is 4.77. The molecule has 0 aliphatic carbocycles. The second-order valence-electron chi connectivity index (χ2n) is 4.77. The largest absolute Gasteiger partial charge is 0.494 e. The summed E-state index contributed by atoms with van der Waals surface area (Å²) in [6.07, 6.45) is 2.87. The molecule has 0 aliphatic rings. The van der Waals surface area contributed by atoms with Gasteiger partial charge in [-0.3, -0.25) is 0 Å². The van der Waals surface area contributed by atoms with Crippen LogP contribution in [0.4, 0.5) is 4.39 Å². The van der Waals surface area contributed by atoms with E-state index in [1.165, 1.54) is 7.11 Å².